The van der Waals surface area contributed by atoms with Gasteiger partial charge in [0.15, 0.2) is 0 Å². The Hall–Kier alpha value is -3.43. The first kappa shape index (κ1) is 19.3. The zero-order valence-corrected chi connectivity index (χ0v) is 16.3. The van der Waals surface area contributed by atoms with Crippen LogP contribution in [-0.2, 0) is 6.61 Å². The average Bonchev–Trinajstić information content (AvgIpc) is 2.72. The topological polar surface area (TPSA) is 76.2 Å². The summed E-state index contributed by atoms with van der Waals surface area (Å²) in [6.07, 6.45) is 1.72. The zero-order valence-electron chi connectivity index (χ0n) is 14.7. The predicted octanol–water partition coefficient (Wildman–Crippen LogP) is 6.00. The number of benzene rings is 3. The Bertz CT molecular complexity index is 1050. The van der Waals surface area contributed by atoms with Crippen molar-refractivity contribution >= 4 is 33.3 Å². The lowest BCUT2D eigenvalue weighted by Crippen LogP contribution is -1.97. The Morgan fingerprint density at radius 1 is 1.07 bits per heavy atom. The Labute approximate surface area is 170 Å². The molecule has 0 atom stereocenters. The molecule has 0 amide bonds. The van der Waals surface area contributed by atoms with Crippen LogP contribution < -0.4 is 4.74 Å². The van der Waals surface area contributed by atoms with Crippen molar-refractivity contribution in [1.82, 2.24) is 0 Å². The number of allylic oxidation sites excluding steroid dienone is 1. The van der Waals surface area contributed by atoms with Gasteiger partial charge in [-0.15, -0.1) is 0 Å². The summed E-state index contributed by atoms with van der Waals surface area (Å²) in [4.78, 5) is 10.3. The number of rotatable bonds is 6. The van der Waals surface area contributed by atoms with Crippen molar-refractivity contribution in [3.63, 3.8) is 0 Å². The summed E-state index contributed by atoms with van der Waals surface area (Å²) in [5.74, 6) is 0.653. The molecule has 0 aliphatic heterocycles. The van der Waals surface area contributed by atoms with Crippen LogP contribution in [0.5, 0.6) is 5.75 Å². The molecule has 0 heterocycles. The standard InChI is InChI=1S/C22H15BrN2O3/c23-20-9-5-16(6-10-20)15-28-22-4-2-1-3-18(22)13-19(14-24)17-7-11-21(12-8-17)25(26)27/h1-13H,15H2/b19-13-. The number of para-hydroxylation sites is 1. The molecule has 0 radical (unpaired) electrons. The van der Waals surface area contributed by atoms with Crippen molar-refractivity contribution in [3.8, 4) is 11.8 Å². The molecule has 3 rings (SSSR count). The summed E-state index contributed by atoms with van der Waals surface area (Å²) in [5.41, 5.74) is 2.78. The van der Waals surface area contributed by atoms with Crippen molar-refractivity contribution < 1.29 is 9.66 Å². The fourth-order valence-electron chi connectivity index (χ4n) is 2.57. The molecule has 0 N–H and O–H groups in total. The largest absolute Gasteiger partial charge is 0.488 e. The minimum absolute atomic E-state index is 0.0146. The highest BCUT2D eigenvalue weighted by atomic mass is 79.9. The van der Waals surface area contributed by atoms with Gasteiger partial charge >= 0.3 is 0 Å². The Morgan fingerprint density at radius 2 is 1.75 bits per heavy atom. The van der Waals surface area contributed by atoms with E-state index in [1.54, 1.807) is 18.2 Å². The van der Waals surface area contributed by atoms with E-state index >= 15 is 0 Å². The van der Waals surface area contributed by atoms with Crippen molar-refractivity contribution in [1.29, 1.82) is 5.26 Å². The molecule has 0 aliphatic carbocycles. The fourth-order valence-corrected chi connectivity index (χ4v) is 2.84. The number of nitriles is 1. The SMILES string of the molecule is N#C/C(=C/c1ccccc1OCc1ccc(Br)cc1)c1ccc([N+](=O)[O-])cc1. The Kier molecular flexibility index (Phi) is 6.20. The lowest BCUT2D eigenvalue weighted by atomic mass is 10.0. The molecule has 6 heteroatoms. The zero-order chi connectivity index (χ0) is 19.9. The molecule has 0 unspecified atom stereocenters. The molecular formula is C22H15BrN2O3. The minimum atomic E-state index is -0.467. The van der Waals surface area contributed by atoms with Gasteiger partial charge in [0, 0.05) is 22.2 Å². The maximum absolute atomic E-state index is 10.8. The van der Waals surface area contributed by atoms with Gasteiger partial charge in [-0.2, -0.15) is 5.26 Å². The predicted molar refractivity (Wildman–Crippen MR) is 111 cm³/mol. The number of ether oxygens (including phenoxy) is 1. The third kappa shape index (κ3) is 4.84. The van der Waals surface area contributed by atoms with E-state index in [2.05, 4.69) is 22.0 Å². The molecule has 0 aliphatic rings. The van der Waals surface area contributed by atoms with E-state index in [1.807, 2.05) is 48.5 Å². The lowest BCUT2D eigenvalue weighted by molar-refractivity contribution is -0.384. The van der Waals surface area contributed by atoms with Gasteiger partial charge in [0.2, 0.25) is 0 Å². The molecule has 0 saturated heterocycles. The normalized spacial score (nSPS) is 10.9. The van der Waals surface area contributed by atoms with Crippen LogP contribution in [0.3, 0.4) is 0 Å². The third-order valence-corrected chi connectivity index (χ3v) is 4.56. The van der Waals surface area contributed by atoms with E-state index in [4.69, 9.17) is 4.74 Å². The molecule has 0 spiro atoms. The molecule has 0 aromatic heterocycles. The van der Waals surface area contributed by atoms with Gasteiger partial charge in [0.1, 0.15) is 12.4 Å². The van der Waals surface area contributed by atoms with Crippen LogP contribution in [0.25, 0.3) is 11.6 Å². The molecule has 0 bridgehead atoms. The second-order valence-corrected chi connectivity index (χ2v) is 6.84. The van der Waals surface area contributed by atoms with Crippen LogP contribution in [0.1, 0.15) is 16.7 Å². The van der Waals surface area contributed by atoms with Crippen molar-refractivity contribution in [3.05, 3.63) is 104 Å². The molecule has 28 heavy (non-hydrogen) atoms. The molecular weight excluding hydrogens is 420 g/mol. The van der Waals surface area contributed by atoms with E-state index in [0.717, 1.165) is 15.6 Å². The Balaban J connectivity index is 1.84. The van der Waals surface area contributed by atoms with Crippen LogP contribution >= 0.6 is 15.9 Å². The number of nitro groups is 1. The fraction of sp³-hybridized carbons (Fsp3) is 0.0455. The van der Waals surface area contributed by atoms with Crippen LogP contribution in [-0.4, -0.2) is 4.92 Å². The van der Waals surface area contributed by atoms with Crippen LogP contribution in [0, 0.1) is 21.4 Å². The van der Waals surface area contributed by atoms with E-state index in [-0.39, 0.29) is 5.69 Å². The first-order valence-electron chi connectivity index (χ1n) is 8.40. The maximum Gasteiger partial charge on any atom is 0.269 e. The first-order valence-corrected chi connectivity index (χ1v) is 9.19. The molecule has 138 valence electrons. The highest BCUT2D eigenvalue weighted by molar-refractivity contribution is 9.10. The summed E-state index contributed by atoms with van der Waals surface area (Å²) in [6, 6.07) is 23.3. The quantitative estimate of drug-likeness (QED) is 0.206. The molecule has 0 saturated carbocycles. The summed E-state index contributed by atoms with van der Waals surface area (Å²) in [5, 5.41) is 20.3. The molecule has 5 nitrogen and oxygen atoms in total. The summed E-state index contributed by atoms with van der Waals surface area (Å²) in [7, 11) is 0. The monoisotopic (exact) mass is 434 g/mol. The Morgan fingerprint density at radius 3 is 2.39 bits per heavy atom. The van der Waals surface area contributed by atoms with E-state index in [9.17, 15) is 15.4 Å². The lowest BCUT2D eigenvalue weighted by Gasteiger charge is -2.10. The van der Waals surface area contributed by atoms with Gasteiger partial charge < -0.3 is 4.74 Å². The molecule has 3 aromatic carbocycles. The highest BCUT2D eigenvalue weighted by Crippen LogP contribution is 2.26. The number of nitro benzene ring substituents is 1. The number of nitrogens with zero attached hydrogens (tertiary/aromatic N) is 2. The average molecular weight is 435 g/mol. The van der Waals surface area contributed by atoms with Gasteiger partial charge in [-0.25, -0.2) is 0 Å². The number of non-ortho nitro benzene ring substituents is 1. The first-order chi connectivity index (χ1) is 13.6. The highest BCUT2D eigenvalue weighted by Gasteiger charge is 2.09. The van der Waals surface area contributed by atoms with E-state index in [1.165, 1.54) is 12.1 Å². The van der Waals surface area contributed by atoms with E-state index in [0.29, 0.717) is 23.5 Å². The summed E-state index contributed by atoms with van der Waals surface area (Å²) in [6.45, 7) is 0.400. The molecule has 0 fully saturated rings. The van der Waals surface area contributed by atoms with Gasteiger partial charge in [-0.05, 0) is 47.5 Å². The maximum atomic E-state index is 10.8. The summed E-state index contributed by atoms with van der Waals surface area (Å²) < 4.78 is 6.94. The molecule has 3 aromatic rings. The van der Waals surface area contributed by atoms with Crippen LogP contribution in [0.15, 0.2) is 77.3 Å². The van der Waals surface area contributed by atoms with Crippen molar-refractivity contribution in [2.75, 3.05) is 0 Å². The summed E-state index contributed by atoms with van der Waals surface area (Å²) >= 11 is 3.41. The van der Waals surface area contributed by atoms with Gasteiger partial charge in [0.05, 0.1) is 16.6 Å². The number of hydrogen-bond donors (Lipinski definition) is 0. The third-order valence-electron chi connectivity index (χ3n) is 4.04. The van der Waals surface area contributed by atoms with Crippen LogP contribution in [0.4, 0.5) is 5.69 Å². The second-order valence-electron chi connectivity index (χ2n) is 5.93. The van der Waals surface area contributed by atoms with Gasteiger partial charge in [-0.3, -0.25) is 10.1 Å². The van der Waals surface area contributed by atoms with Gasteiger partial charge in [0.25, 0.3) is 5.69 Å². The second kappa shape index (κ2) is 8.98. The number of halogens is 1. The van der Waals surface area contributed by atoms with Gasteiger partial charge in [-0.1, -0.05) is 46.3 Å². The number of hydrogen-bond acceptors (Lipinski definition) is 4. The smallest absolute Gasteiger partial charge is 0.269 e. The minimum Gasteiger partial charge on any atom is -0.488 e. The van der Waals surface area contributed by atoms with Crippen molar-refractivity contribution in [2.24, 2.45) is 0 Å². The van der Waals surface area contributed by atoms with E-state index < -0.39 is 4.92 Å². The van der Waals surface area contributed by atoms with Crippen molar-refractivity contribution in [2.45, 2.75) is 6.61 Å². The van der Waals surface area contributed by atoms with Crippen LogP contribution in [0.2, 0.25) is 0 Å².